The maximum absolute atomic E-state index is 13.3. The zero-order valence-corrected chi connectivity index (χ0v) is 19.0. The number of rotatable bonds is 6. The Kier molecular flexibility index (Phi) is 7.25. The number of aromatic nitrogens is 4. The monoisotopic (exact) mass is 529 g/mol. The number of hydrogen-bond donors (Lipinski definition) is 2. The Labute approximate surface area is 197 Å². The highest BCUT2D eigenvalue weighted by Gasteiger charge is 2.50. The Bertz CT molecular complexity index is 1280. The maximum Gasteiger partial charge on any atom is 0.394 e. The molecular weight excluding hydrogens is 508 g/mol. The van der Waals surface area contributed by atoms with Crippen LogP contribution in [0.3, 0.4) is 0 Å². The van der Waals surface area contributed by atoms with Crippen LogP contribution in [0.15, 0.2) is 9.59 Å². The molecule has 0 bridgehead atoms. The molecule has 11 nitrogen and oxygen atoms in total. The van der Waals surface area contributed by atoms with Gasteiger partial charge in [-0.25, -0.2) is 9.36 Å². The topological polar surface area (TPSA) is 137 Å². The molecule has 200 valence electrons. The Balaban J connectivity index is 2.23. The van der Waals surface area contributed by atoms with Crippen LogP contribution in [-0.2, 0) is 25.6 Å². The van der Waals surface area contributed by atoms with Gasteiger partial charge in [-0.15, -0.1) is 0 Å². The average molecular weight is 529 g/mol. The average Bonchev–Trinajstić information content (AvgIpc) is 3.21. The largest absolute Gasteiger partial charge is 0.458 e. The number of aromatic amines is 1. The van der Waals surface area contributed by atoms with Gasteiger partial charge in [0.05, 0.1) is 18.4 Å². The van der Waals surface area contributed by atoms with Crippen LogP contribution in [0, 0.1) is 5.92 Å². The van der Waals surface area contributed by atoms with Crippen LogP contribution in [0.1, 0.15) is 39.8 Å². The molecule has 3 heterocycles. The SMILES string of the molecule is CC(=O)Nc1nc2c(c(=O)[nH]1)n(CCC(F)(F)F)c(=O)n2[C@@H]1O[C@H]([C@H](C)C(F)(F)F)C[C@H]1OC(C)=O. The summed E-state index contributed by atoms with van der Waals surface area (Å²) < 4.78 is 90.2. The third-order valence-electron chi connectivity index (χ3n) is 5.47. The normalized spacial score (nSPS) is 21.5. The summed E-state index contributed by atoms with van der Waals surface area (Å²) in [6.07, 6.45) is -16.3. The van der Waals surface area contributed by atoms with Crippen LogP contribution in [-0.4, -0.2) is 55.5 Å². The summed E-state index contributed by atoms with van der Waals surface area (Å²) in [5, 5.41) is 2.15. The molecule has 2 N–H and O–H groups in total. The van der Waals surface area contributed by atoms with Gasteiger partial charge in [0, 0.05) is 26.8 Å². The summed E-state index contributed by atoms with van der Waals surface area (Å²) in [5.74, 6) is -4.17. The van der Waals surface area contributed by atoms with Gasteiger partial charge in [0.15, 0.2) is 17.4 Å². The van der Waals surface area contributed by atoms with Crippen LogP contribution in [0.5, 0.6) is 0 Å². The first-order chi connectivity index (χ1) is 16.5. The van der Waals surface area contributed by atoms with Gasteiger partial charge in [0.25, 0.3) is 5.56 Å². The van der Waals surface area contributed by atoms with E-state index in [9.17, 15) is 45.5 Å². The third-order valence-corrected chi connectivity index (χ3v) is 5.47. The van der Waals surface area contributed by atoms with Crippen LogP contribution in [0.4, 0.5) is 32.3 Å². The number of esters is 1. The lowest BCUT2D eigenvalue weighted by Gasteiger charge is -2.22. The summed E-state index contributed by atoms with van der Waals surface area (Å²) in [6, 6.07) is 0. The van der Waals surface area contributed by atoms with Gasteiger partial charge in [-0.2, -0.15) is 31.3 Å². The highest BCUT2D eigenvalue weighted by atomic mass is 19.4. The predicted octanol–water partition coefficient (Wildman–Crippen LogP) is 2.21. The van der Waals surface area contributed by atoms with E-state index in [1.807, 2.05) is 0 Å². The van der Waals surface area contributed by atoms with Crippen LogP contribution >= 0.6 is 0 Å². The summed E-state index contributed by atoms with van der Waals surface area (Å²) in [7, 11) is 0. The number of carbonyl (C=O) groups is 2. The van der Waals surface area contributed by atoms with Gasteiger partial charge in [0.1, 0.15) is 6.10 Å². The Hall–Kier alpha value is -3.37. The smallest absolute Gasteiger partial charge is 0.394 e. The number of carbonyl (C=O) groups excluding carboxylic acids is 2. The lowest BCUT2D eigenvalue weighted by atomic mass is 10.0. The van der Waals surface area contributed by atoms with Crippen molar-refractivity contribution in [3.8, 4) is 0 Å². The number of halogens is 6. The molecule has 0 aliphatic carbocycles. The Morgan fingerprint density at radius 2 is 1.86 bits per heavy atom. The molecule has 1 saturated heterocycles. The molecular formula is C19H21F6N5O6. The van der Waals surface area contributed by atoms with Gasteiger partial charge in [-0.3, -0.25) is 29.3 Å². The molecule has 0 radical (unpaired) electrons. The minimum absolute atomic E-state index is 0.445. The first-order valence-electron chi connectivity index (χ1n) is 10.5. The molecule has 3 rings (SSSR count). The second-order valence-electron chi connectivity index (χ2n) is 8.22. The van der Waals surface area contributed by atoms with E-state index in [2.05, 4.69) is 15.3 Å². The second kappa shape index (κ2) is 9.59. The molecule has 0 saturated carbocycles. The molecule has 1 aliphatic heterocycles. The number of amides is 1. The van der Waals surface area contributed by atoms with Gasteiger partial charge in [-0.05, 0) is 0 Å². The summed E-state index contributed by atoms with van der Waals surface area (Å²) >= 11 is 0. The first-order valence-corrected chi connectivity index (χ1v) is 10.5. The summed E-state index contributed by atoms with van der Waals surface area (Å²) in [5.41, 5.74) is -3.60. The highest BCUT2D eigenvalue weighted by molar-refractivity contribution is 5.87. The quantitative estimate of drug-likeness (QED) is 0.433. The molecule has 4 atom stereocenters. The van der Waals surface area contributed by atoms with Crippen molar-refractivity contribution in [1.82, 2.24) is 19.1 Å². The van der Waals surface area contributed by atoms with Gasteiger partial charge >= 0.3 is 24.0 Å². The zero-order valence-electron chi connectivity index (χ0n) is 19.0. The number of H-pyrrole nitrogens is 1. The molecule has 2 aromatic heterocycles. The van der Waals surface area contributed by atoms with E-state index in [0.717, 1.165) is 20.8 Å². The number of alkyl halides is 6. The molecule has 2 aromatic rings. The molecule has 1 amide bonds. The first kappa shape index (κ1) is 27.2. The number of ether oxygens (including phenoxy) is 2. The summed E-state index contributed by atoms with van der Waals surface area (Å²) in [6.45, 7) is 1.81. The van der Waals surface area contributed by atoms with E-state index in [1.54, 1.807) is 0 Å². The van der Waals surface area contributed by atoms with E-state index in [4.69, 9.17) is 9.47 Å². The lowest BCUT2D eigenvalue weighted by molar-refractivity contribution is -0.203. The fourth-order valence-corrected chi connectivity index (χ4v) is 3.83. The fourth-order valence-electron chi connectivity index (χ4n) is 3.83. The number of nitrogens with zero attached hydrogens (tertiary/aromatic N) is 3. The molecule has 0 unspecified atom stereocenters. The number of aryl methyl sites for hydroxylation is 1. The van der Waals surface area contributed by atoms with Crippen molar-refractivity contribution >= 4 is 29.0 Å². The van der Waals surface area contributed by atoms with Crippen molar-refractivity contribution in [2.45, 2.75) is 70.9 Å². The minimum Gasteiger partial charge on any atom is -0.458 e. The lowest BCUT2D eigenvalue weighted by Crippen LogP contribution is -2.34. The van der Waals surface area contributed by atoms with Crippen molar-refractivity contribution < 1.29 is 45.4 Å². The van der Waals surface area contributed by atoms with Gasteiger partial charge in [0.2, 0.25) is 11.9 Å². The Morgan fingerprint density at radius 1 is 1.22 bits per heavy atom. The molecule has 17 heteroatoms. The van der Waals surface area contributed by atoms with E-state index in [0.29, 0.717) is 9.13 Å². The third kappa shape index (κ3) is 5.71. The van der Waals surface area contributed by atoms with Crippen molar-refractivity contribution in [2.75, 3.05) is 5.32 Å². The Morgan fingerprint density at radius 3 is 2.39 bits per heavy atom. The number of anilines is 1. The second-order valence-corrected chi connectivity index (χ2v) is 8.22. The van der Waals surface area contributed by atoms with Gasteiger partial charge in [-0.1, -0.05) is 6.92 Å². The van der Waals surface area contributed by atoms with Crippen molar-refractivity contribution in [3.63, 3.8) is 0 Å². The number of imidazole rings is 1. The van der Waals surface area contributed by atoms with Crippen LogP contribution in [0.2, 0.25) is 0 Å². The van der Waals surface area contributed by atoms with Crippen molar-refractivity contribution in [3.05, 3.63) is 20.8 Å². The number of hydrogen-bond acceptors (Lipinski definition) is 7. The molecule has 1 aliphatic rings. The molecule has 36 heavy (non-hydrogen) atoms. The van der Waals surface area contributed by atoms with E-state index >= 15 is 0 Å². The molecule has 0 aromatic carbocycles. The highest BCUT2D eigenvalue weighted by Crippen LogP contribution is 2.40. The van der Waals surface area contributed by atoms with Crippen molar-refractivity contribution in [2.24, 2.45) is 5.92 Å². The van der Waals surface area contributed by atoms with Crippen molar-refractivity contribution in [1.29, 1.82) is 0 Å². The van der Waals surface area contributed by atoms with E-state index < -0.39 is 96.3 Å². The fraction of sp³-hybridized carbons (Fsp3) is 0.632. The van der Waals surface area contributed by atoms with Crippen LogP contribution < -0.4 is 16.6 Å². The van der Waals surface area contributed by atoms with E-state index in [1.165, 1.54) is 0 Å². The number of nitrogens with one attached hydrogen (secondary N) is 2. The minimum atomic E-state index is -4.72. The zero-order chi connectivity index (χ0) is 27.2. The molecule has 1 fully saturated rings. The standard InChI is InChI=1S/C19H21F6N5O6/c1-7(19(23,24)25)10-6-11(35-9(3)32)15(36-10)30-13-12(14(33)28-16(27-13)26-8(2)31)29(17(30)34)5-4-18(20,21)22/h7,10-11,15H,4-6H2,1-3H3,(H2,26,27,28,31,33)/t7-,10-,11+,15+/m0/s1. The van der Waals surface area contributed by atoms with E-state index in [-0.39, 0.29) is 0 Å². The van der Waals surface area contributed by atoms with Gasteiger partial charge < -0.3 is 9.47 Å². The predicted molar refractivity (Wildman–Crippen MR) is 109 cm³/mol. The summed E-state index contributed by atoms with van der Waals surface area (Å²) in [4.78, 5) is 55.0. The van der Waals surface area contributed by atoms with Crippen LogP contribution in [0.25, 0.3) is 11.2 Å². The maximum atomic E-state index is 13.3. The molecule has 0 spiro atoms. The number of fused-ring (bicyclic) bond motifs is 1.